The van der Waals surface area contributed by atoms with Gasteiger partial charge in [-0.2, -0.15) is 5.10 Å². The van der Waals surface area contributed by atoms with Gasteiger partial charge < -0.3 is 9.97 Å². The third-order valence-corrected chi connectivity index (χ3v) is 2.28. The van der Waals surface area contributed by atoms with Gasteiger partial charge in [0.15, 0.2) is 0 Å². The van der Waals surface area contributed by atoms with Crippen molar-refractivity contribution in [3.05, 3.63) is 22.9 Å². The molecule has 0 atom stereocenters. The molecule has 0 bridgehead atoms. The molecule has 2 N–H and O–H groups in total. The van der Waals surface area contributed by atoms with Crippen molar-refractivity contribution >= 4 is 22.1 Å². The molecule has 3 aromatic heterocycles. The topological polar surface area (TPSA) is 79.4 Å². The van der Waals surface area contributed by atoms with E-state index in [1.165, 1.54) is 6.33 Å². The van der Waals surface area contributed by atoms with Gasteiger partial charge in [0, 0.05) is 7.05 Å². The molecule has 70 valence electrons. The van der Waals surface area contributed by atoms with Gasteiger partial charge in [-0.1, -0.05) is 0 Å². The Kier molecular flexibility index (Phi) is 1.16. The second-order valence-corrected chi connectivity index (χ2v) is 3.11. The minimum atomic E-state index is -0.148. The van der Waals surface area contributed by atoms with Gasteiger partial charge in [0.2, 0.25) is 0 Å². The first kappa shape index (κ1) is 7.31. The monoisotopic (exact) mass is 189 g/mol. The Bertz CT molecular complexity index is 674. The molecular weight excluding hydrogens is 182 g/mol. The number of nitrogens with one attached hydrogen (secondary N) is 2. The van der Waals surface area contributed by atoms with Crippen molar-refractivity contribution in [2.75, 3.05) is 0 Å². The third-order valence-electron chi connectivity index (χ3n) is 2.28. The molecular formula is C8H7N5O. The fraction of sp³-hybridized carbons (Fsp3) is 0.125. The lowest BCUT2D eigenvalue weighted by Gasteiger charge is -1.90. The van der Waals surface area contributed by atoms with Crippen molar-refractivity contribution in [2.45, 2.75) is 0 Å². The van der Waals surface area contributed by atoms with Crippen LogP contribution in [0.25, 0.3) is 22.1 Å². The summed E-state index contributed by atoms with van der Waals surface area (Å²) in [6.45, 7) is 0. The highest BCUT2D eigenvalue weighted by Gasteiger charge is 2.11. The fourth-order valence-corrected chi connectivity index (χ4v) is 1.67. The van der Waals surface area contributed by atoms with Crippen LogP contribution in [-0.2, 0) is 7.05 Å². The molecule has 0 saturated carbocycles. The molecule has 0 spiro atoms. The molecule has 0 unspecified atom stereocenters. The lowest BCUT2D eigenvalue weighted by atomic mass is 10.3. The molecule has 0 saturated heterocycles. The third kappa shape index (κ3) is 0.723. The van der Waals surface area contributed by atoms with Gasteiger partial charge >= 0.3 is 0 Å². The Labute approximate surface area is 77.6 Å². The number of aromatic nitrogens is 5. The van der Waals surface area contributed by atoms with Crippen LogP contribution in [0, 0.1) is 0 Å². The van der Waals surface area contributed by atoms with Crippen molar-refractivity contribution < 1.29 is 0 Å². The quantitative estimate of drug-likeness (QED) is 0.527. The average molecular weight is 189 g/mol. The van der Waals surface area contributed by atoms with E-state index in [4.69, 9.17) is 0 Å². The smallest absolute Gasteiger partial charge is 0.262 e. The van der Waals surface area contributed by atoms with Crippen LogP contribution in [0.4, 0.5) is 0 Å². The molecule has 0 aromatic carbocycles. The Balaban J connectivity index is 2.75. The lowest BCUT2D eigenvalue weighted by molar-refractivity contribution is 0.799. The first-order chi connectivity index (χ1) is 6.77. The van der Waals surface area contributed by atoms with Gasteiger partial charge in [-0.05, 0) is 0 Å². The number of hydrogen-bond donors (Lipinski definition) is 2. The van der Waals surface area contributed by atoms with E-state index in [0.717, 1.165) is 11.0 Å². The van der Waals surface area contributed by atoms with Crippen LogP contribution >= 0.6 is 0 Å². The summed E-state index contributed by atoms with van der Waals surface area (Å²) in [7, 11) is 1.79. The first-order valence-electron chi connectivity index (χ1n) is 4.14. The minimum Gasteiger partial charge on any atom is -0.336 e. The van der Waals surface area contributed by atoms with Crippen LogP contribution in [-0.4, -0.2) is 24.7 Å². The normalized spacial score (nSPS) is 11.5. The van der Waals surface area contributed by atoms with Gasteiger partial charge in [-0.3, -0.25) is 9.48 Å². The predicted molar refractivity (Wildman–Crippen MR) is 51.0 cm³/mol. The summed E-state index contributed by atoms with van der Waals surface area (Å²) >= 11 is 0. The zero-order valence-corrected chi connectivity index (χ0v) is 7.40. The van der Waals surface area contributed by atoms with E-state index in [0.29, 0.717) is 11.0 Å². The molecule has 14 heavy (non-hydrogen) atoms. The van der Waals surface area contributed by atoms with Crippen LogP contribution in [0.1, 0.15) is 0 Å². The van der Waals surface area contributed by atoms with E-state index in [1.807, 2.05) is 0 Å². The largest absolute Gasteiger partial charge is 0.336 e. The van der Waals surface area contributed by atoms with E-state index in [2.05, 4.69) is 20.1 Å². The zero-order valence-electron chi connectivity index (χ0n) is 7.40. The molecule has 0 aliphatic rings. The van der Waals surface area contributed by atoms with E-state index >= 15 is 0 Å². The molecule has 3 heterocycles. The molecule has 0 amide bonds. The summed E-state index contributed by atoms with van der Waals surface area (Å²) in [6, 6.07) is 0. The van der Waals surface area contributed by atoms with Crippen LogP contribution in [0.15, 0.2) is 17.3 Å². The highest BCUT2D eigenvalue weighted by atomic mass is 16.1. The average Bonchev–Trinajstić information content (AvgIpc) is 2.67. The Morgan fingerprint density at radius 2 is 2.36 bits per heavy atom. The Morgan fingerprint density at radius 3 is 3.21 bits per heavy atom. The maximum atomic E-state index is 11.5. The molecule has 0 radical (unpaired) electrons. The van der Waals surface area contributed by atoms with E-state index in [1.54, 1.807) is 17.9 Å². The summed E-state index contributed by atoms with van der Waals surface area (Å²) in [5.41, 5.74) is 2.06. The molecule has 0 fully saturated rings. The van der Waals surface area contributed by atoms with Crippen LogP contribution in [0.5, 0.6) is 0 Å². The fourth-order valence-electron chi connectivity index (χ4n) is 1.67. The first-order valence-corrected chi connectivity index (χ1v) is 4.14. The SMILES string of the molecule is Cn1ncc2[nH]c3nc[nH]c(=O)c3c21. The molecule has 6 heteroatoms. The van der Waals surface area contributed by atoms with Crippen molar-refractivity contribution in [3.8, 4) is 0 Å². The van der Waals surface area contributed by atoms with Crippen molar-refractivity contribution in [3.63, 3.8) is 0 Å². The van der Waals surface area contributed by atoms with E-state index < -0.39 is 0 Å². The number of aryl methyl sites for hydroxylation is 1. The number of H-pyrrole nitrogens is 2. The van der Waals surface area contributed by atoms with Crippen molar-refractivity contribution in [1.82, 2.24) is 24.7 Å². The number of aromatic amines is 2. The second kappa shape index (κ2) is 2.22. The number of rotatable bonds is 0. The van der Waals surface area contributed by atoms with Gasteiger partial charge in [-0.25, -0.2) is 4.98 Å². The molecule has 3 aromatic rings. The highest BCUT2D eigenvalue weighted by molar-refractivity contribution is 6.02. The van der Waals surface area contributed by atoms with Gasteiger partial charge in [0.25, 0.3) is 5.56 Å². The lowest BCUT2D eigenvalue weighted by Crippen LogP contribution is -2.06. The van der Waals surface area contributed by atoms with E-state index in [9.17, 15) is 4.79 Å². The van der Waals surface area contributed by atoms with Gasteiger partial charge in [-0.15, -0.1) is 0 Å². The van der Waals surface area contributed by atoms with Crippen molar-refractivity contribution in [1.29, 1.82) is 0 Å². The maximum absolute atomic E-state index is 11.5. The summed E-state index contributed by atoms with van der Waals surface area (Å²) in [5, 5.41) is 4.61. The summed E-state index contributed by atoms with van der Waals surface area (Å²) in [5.74, 6) is 0. The number of hydrogen-bond acceptors (Lipinski definition) is 3. The Hall–Kier alpha value is -2.11. The standard InChI is InChI=1S/C8H7N5O/c1-13-6-4(2-11-13)12-7-5(6)8(14)10-3-9-7/h2-3H,1H3,(H2,9,10,12,14). The van der Waals surface area contributed by atoms with Gasteiger partial charge in [0.1, 0.15) is 16.6 Å². The van der Waals surface area contributed by atoms with Crippen LogP contribution < -0.4 is 5.56 Å². The second-order valence-electron chi connectivity index (χ2n) is 3.11. The van der Waals surface area contributed by atoms with E-state index in [-0.39, 0.29) is 5.56 Å². The summed E-state index contributed by atoms with van der Waals surface area (Å²) in [6.07, 6.45) is 3.06. The molecule has 3 rings (SSSR count). The van der Waals surface area contributed by atoms with Crippen LogP contribution in [0.3, 0.4) is 0 Å². The van der Waals surface area contributed by atoms with Crippen molar-refractivity contribution in [2.24, 2.45) is 7.05 Å². The maximum Gasteiger partial charge on any atom is 0.262 e. The molecule has 6 nitrogen and oxygen atoms in total. The molecule has 0 aliphatic carbocycles. The summed E-state index contributed by atoms with van der Waals surface area (Å²) in [4.78, 5) is 21.2. The Morgan fingerprint density at radius 1 is 1.50 bits per heavy atom. The number of fused-ring (bicyclic) bond motifs is 3. The predicted octanol–water partition coefficient (Wildman–Crippen LogP) is 0.138. The minimum absolute atomic E-state index is 0.148. The summed E-state index contributed by atoms with van der Waals surface area (Å²) < 4.78 is 1.66. The zero-order chi connectivity index (χ0) is 9.71. The van der Waals surface area contributed by atoms with Crippen LogP contribution in [0.2, 0.25) is 0 Å². The molecule has 0 aliphatic heterocycles. The number of nitrogens with zero attached hydrogens (tertiary/aromatic N) is 3. The highest BCUT2D eigenvalue weighted by Crippen LogP contribution is 2.18. The van der Waals surface area contributed by atoms with Gasteiger partial charge in [0.05, 0.1) is 18.0 Å².